The van der Waals surface area contributed by atoms with E-state index >= 15 is 0 Å². The maximum Gasteiger partial charge on any atom is 0.295 e. The van der Waals surface area contributed by atoms with E-state index in [-0.39, 0.29) is 4.90 Å². The Hall–Kier alpha value is -5.47. The number of benzene rings is 7. The molecular weight excluding hydrogens is 841 g/mol. The summed E-state index contributed by atoms with van der Waals surface area (Å²) in [5.74, 6) is 1.60. The van der Waals surface area contributed by atoms with Gasteiger partial charge in [-0.3, -0.25) is 4.55 Å². The van der Waals surface area contributed by atoms with Crippen LogP contribution in [0.5, 0.6) is 0 Å². The quantitative estimate of drug-likeness (QED) is 0.0309. The van der Waals surface area contributed by atoms with Crippen molar-refractivity contribution in [2.45, 2.75) is 47.3 Å². The van der Waals surface area contributed by atoms with Crippen molar-refractivity contribution in [3.8, 4) is 22.5 Å². The van der Waals surface area contributed by atoms with Crippen LogP contribution in [0.2, 0.25) is 0 Å². The van der Waals surface area contributed by atoms with E-state index < -0.39 is 21.2 Å². The molecule has 0 saturated heterocycles. The third-order valence-electron chi connectivity index (χ3n) is 10.6. The maximum absolute atomic E-state index is 13.0. The molecule has 1 atom stereocenters. The van der Waals surface area contributed by atoms with Gasteiger partial charge < -0.3 is 13.9 Å². The van der Waals surface area contributed by atoms with Gasteiger partial charge in [-0.15, -0.1) is 11.8 Å². The molecule has 0 saturated carbocycles. The highest BCUT2D eigenvalue weighted by molar-refractivity contribution is 7.99. The topological polar surface area (TPSA) is 111 Å². The van der Waals surface area contributed by atoms with Crippen LogP contribution in [-0.2, 0) is 21.2 Å². The van der Waals surface area contributed by atoms with Gasteiger partial charge in [-0.2, -0.15) is 13.0 Å². The number of anilines is 2. The van der Waals surface area contributed by atoms with E-state index in [0.717, 1.165) is 54.5 Å². The highest BCUT2D eigenvalue weighted by Gasteiger charge is 2.27. The maximum atomic E-state index is 13.0. The van der Waals surface area contributed by atoms with Crippen molar-refractivity contribution in [2.75, 3.05) is 16.7 Å². The summed E-state index contributed by atoms with van der Waals surface area (Å²) in [5.41, 5.74) is 8.87. The summed E-state index contributed by atoms with van der Waals surface area (Å²) in [7, 11) is -4.62. The minimum atomic E-state index is -4.62. The molecule has 2 aliphatic rings. The second kappa shape index (κ2) is 17.9. The Morgan fingerprint density at radius 2 is 1.30 bits per heavy atom. The minimum Gasteiger partial charge on any atom is -0.456 e. The molecule has 6 aromatic carbocycles. The van der Waals surface area contributed by atoms with Gasteiger partial charge in [0, 0.05) is 66.5 Å². The van der Waals surface area contributed by atoms with E-state index in [1.165, 1.54) is 6.07 Å². The third kappa shape index (κ3) is 8.97. The van der Waals surface area contributed by atoms with Crippen molar-refractivity contribution in [2.24, 2.45) is 0 Å². The van der Waals surface area contributed by atoms with Gasteiger partial charge in [0.25, 0.3) is 10.1 Å². The third-order valence-corrected chi connectivity index (χ3v) is 14.1. The van der Waals surface area contributed by atoms with Gasteiger partial charge in [0.05, 0.1) is 16.8 Å². The van der Waals surface area contributed by atoms with Crippen LogP contribution in [0.1, 0.15) is 22.3 Å². The van der Waals surface area contributed by atoms with Crippen LogP contribution in [-0.4, -0.2) is 33.5 Å². The summed E-state index contributed by atoms with van der Waals surface area (Å²) >= 11 is 1.23. The summed E-state index contributed by atoms with van der Waals surface area (Å²) in [6.45, 7) is 8.08. The predicted molar refractivity (Wildman–Crippen MR) is 250 cm³/mol. The Balaban J connectivity index is 1.40. The summed E-state index contributed by atoms with van der Waals surface area (Å²) in [6, 6.07) is 48.4. The van der Waals surface area contributed by atoms with Gasteiger partial charge in [-0.05, 0) is 99.5 Å². The number of aryl methyl sites for hydroxylation is 4. The Labute approximate surface area is 367 Å². The second-order valence-corrected chi connectivity index (χ2v) is 19.1. The number of rotatable bonds is 12. The van der Waals surface area contributed by atoms with Crippen LogP contribution in [0.25, 0.3) is 33.4 Å². The number of fused-ring (bicyclic) bond motifs is 2. The average Bonchev–Trinajstić information content (AvgIpc) is 3.24. The second-order valence-electron chi connectivity index (χ2n) is 14.7. The fraction of sp³-hybridized carbons (Fsp3) is 0.122. The molecule has 308 valence electrons. The van der Waals surface area contributed by atoms with Gasteiger partial charge in [0.1, 0.15) is 16.2 Å². The first-order valence-electron chi connectivity index (χ1n) is 19.5. The largest absolute Gasteiger partial charge is 0.456 e. The number of hydrogen-bond acceptors (Lipinski definition) is 7. The van der Waals surface area contributed by atoms with E-state index in [9.17, 15) is 21.7 Å². The first-order chi connectivity index (χ1) is 29.4. The molecule has 0 fully saturated rings. The molecule has 1 unspecified atom stereocenters. The van der Waals surface area contributed by atoms with Crippen molar-refractivity contribution in [3.63, 3.8) is 0 Å². The summed E-state index contributed by atoms with van der Waals surface area (Å²) in [6.07, 6.45) is 0. The number of hydrogen-bond donors (Lipinski definition) is 2. The van der Waals surface area contributed by atoms with Gasteiger partial charge >= 0.3 is 0 Å². The molecule has 12 heteroatoms. The monoisotopic (exact) mass is 883 g/mol. The molecule has 1 aliphatic carbocycles. The Kier molecular flexibility index (Phi) is 12.4. The fourth-order valence-corrected chi connectivity index (χ4v) is 11.0. The van der Waals surface area contributed by atoms with Gasteiger partial charge in [-0.25, -0.2) is 4.21 Å². The summed E-state index contributed by atoms with van der Waals surface area (Å²) < 4.78 is 67.7. The van der Waals surface area contributed by atoms with Crippen LogP contribution < -0.4 is 14.8 Å². The number of thioether (sulfide) groups is 2. The van der Waals surface area contributed by atoms with Gasteiger partial charge in [0.2, 0.25) is 11.0 Å². The molecule has 0 amide bonds. The van der Waals surface area contributed by atoms with E-state index in [4.69, 9.17) is 4.42 Å². The molecule has 1 aliphatic heterocycles. The molecule has 0 spiro atoms. The van der Waals surface area contributed by atoms with Crippen molar-refractivity contribution in [1.82, 2.24) is 4.58 Å². The Morgan fingerprint density at radius 3 is 1.93 bits per heavy atom. The SMILES string of the molecule is Cc1cccc(C)c1N(CSc1ccccc1)c1ccc2c(-c3ccccc3S(=O)(=O)O)c3cc/c(=[N+](/CSc4ccccc4)c4c(C)cc(S(=O)O)cc4C)cc-3oc2c1. The van der Waals surface area contributed by atoms with Crippen LogP contribution in [0.15, 0.2) is 176 Å². The first-order valence-corrected chi connectivity index (χ1v) is 24.0. The highest BCUT2D eigenvalue weighted by atomic mass is 32.2. The zero-order valence-electron chi connectivity index (χ0n) is 33.9. The van der Waals surface area contributed by atoms with E-state index in [2.05, 4.69) is 65.8 Å². The summed E-state index contributed by atoms with van der Waals surface area (Å²) in [5, 5.41) is 1.47. The lowest BCUT2D eigenvalue weighted by Gasteiger charge is -2.28. The van der Waals surface area contributed by atoms with Crippen molar-refractivity contribution in [1.29, 1.82) is 0 Å². The van der Waals surface area contributed by atoms with Crippen LogP contribution >= 0.6 is 23.5 Å². The van der Waals surface area contributed by atoms with E-state index in [1.54, 1.807) is 53.9 Å². The molecule has 0 aromatic heterocycles. The van der Waals surface area contributed by atoms with Crippen molar-refractivity contribution < 1.29 is 26.1 Å². The van der Waals surface area contributed by atoms with Crippen LogP contribution in [0.3, 0.4) is 0 Å². The zero-order valence-corrected chi connectivity index (χ0v) is 37.2. The lowest BCUT2D eigenvalue weighted by atomic mass is 9.93. The highest BCUT2D eigenvalue weighted by Crippen LogP contribution is 2.44. The van der Waals surface area contributed by atoms with Crippen LogP contribution in [0, 0.1) is 27.7 Å². The van der Waals surface area contributed by atoms with Crippen molar-refractivity contribution >= 4 is 72.8 Å². The molecule has 2 N–H and O–H groups in total. The lowest BCUT2D eigenvalue weighted by molar-refractivity contribution is 0.483. The molecule has 8 rings (SSSR count). The fourth-order valence-electron chi connectivity index (χ4n) is 7.91. The molecular formula is C49H43N2O6S4+. The molecule has 8 nitrogen and oxygen atoms in total. The van der Waals surface area contributed by atoms with Gasteiger partial charge in [0.15, 0.2) is 17.0 Å². The van der Waals surface area contributed by atoms with Crippen molar-refractivity contribution in [3.05, 3.63) is 179 Å². The normalized spacial score (nSPS) is 12.8. The lowest BCUT2D eigenvalue weighted by Crippen LogP contribution is -2.27. The number of para-hydroxylation sites is 1. The smallest absolute Gasteiger partial charge is 0.295 e. The first kappa shape index (κ1) is 42.2. The number of nitrogens with zero attached hydrogens (tertiary/aromatic N) is 2. The molecule has 1 heterocycles. The molecule has 0 bridgehead atoms. The Bertz CT molecular complexity index is 3050. The molecule has 61 heavy (non-hydrogen) atoms. The standard InChI is InChI=1S/C49H42N2O6S4/c1-32-14-13-15-33(2)48(32)50(30-58-38-16-7-5-8-17-38)36-22-24-41-44(28-36)57-45-29-37(23-25-42(45)47(41)43-20-11-12-21-46(43)61(54,55)56)51(31-59-39-18-9-6-10-19-39)49-34(3)26-40(60(52)53)27-35(49)4/h5-29H,30-31H2,1-4H3,(H-,52,53,54,55,56)/p+1. The van der Waals surface area contributed by atoms with E-state index in [1.807, 2.05) is 86.6 Å². The van der Waals surface area contributed by atoms with Crippen LogP contribution in [0.4, 0.5) is 17.1 Å². The summed E-state index contributed by atoms with van der Waals surface area (Å²) in [4.78, 5) is 4.60. The zero-order chi connectivity index (χ0) is 42.8. The predicted octanol–water partition coefficient (Wildman–Crippen LogP) is 12.0. The molecule has 6 aromatic rings. The Morgan fingerprint density at radius 1 is 0.672 bits per heavy atom. The average molecular weight is 884 g/mol. The minimum absolute atomic E-state index is 0.207. The van der Waals surface area contributed by atoms with E-state index in [0.29, 0.717) is 50.1 Å². The molecule has 0 radical (unpaired) electrons. The van der Waals surface area contributed by atoms with Gasteiger partial charge in [-0.1, -0.05) is 84.6 Å².